The number of hydrogen-bond donors (Lipinski definition) is 2. The first-order chi connectivity index (χ1) is 24.9. The summed E-state index contributed by atoms with van der Waals surface area (Å²) in [7, 11) is 0. The van der Waals surface area contributed by atoms with Crippen molar-refractivity contribution in [3.63, 3.8) is 0 Å². The van der Waals surface area contributed by atoms with Crippen LogP contribution < -0.4 is 15.4 Å². The van der Waals surface area contributed by atoms with E-state index in [4.69, 9.17) is 9.47 Å². The Bertz CT molecular complexity index is 2110. The Morgan fingerprint density at radius 1 is 0.925 bits per heavy atom. The number of rotatable bonds is 9. The van der Waals surface area contributed by atoms with Gasteiger partial charge in [0.15, 0.2) is 6.79 Å². The molecule has 1 aromatic heterocycles. The van der Waals surface area contributed by atoms with Crippen molar-refractivity contribution < 1.29 is 51.0 Å². The molecule has 2 aliphatic heterocycles. The van der Waals surface area contributed by atoms with Crippen molar-refractivity contribution in [1.82, 2.24) is 19.8 Å². The van der Waals surface area contributed by atoms with Gasteiger partial charge in [0.25, 0.3) is 17.7 Å². The second kappa shape index (κ2) is 14.8. The van der Waals surface area contributed by atoms with E-state index in [-0.39, 0.29) is 67.4 Å². The third kappa shape index (κ3) is 7.49. The van der Waals surface area contributed by atoms with E-state index in [2.05, 4.69) is 15.6 Å². The lowest BCUT2D eigenvalue weighted by molar-refractivity contribution is -0.138. The number of ether oxygens (including phenoxy) is 2. The molecule has 0 bridgehead atoms. The number of hydrogen-bond acceptors (Lipinski definition) is 8. The minimum Gasteiger partial charge on any atom is -0.468 e. The Hall–Kier alpha value is -5.64. The van der Waals surface area contributed by atoms with Crippen LogP contribution >= 0.6 is 0 Å². The third-order valence-electron chi connectivity index (χ3n) is 9.58. The number of carbonyl (C=O) groups is 5. The van der Waals surface area contributed by atoms with Crippen LogP contribution in [0.15, 0.2) is 60.7 Å². The van der Waals surface area contributed by atoms with E-state index in [0.29, 0.717) is 30.5 Å². The minimum absolute atomic E-state index is 0. The summed E-state index contributed by atoms with van der Waals surface area (Å²) in [6.07, 6.45) is -1.82. The molecule has 1 unspecified atom stereocenters. The summed E-state index contributed by atoms with van der Waals surface area (Å²) in [5, 5.41) is 4.79. The highest BCUT2D eigenvalue weighted by atomic mass is 19.4. The average Bonchev–Trinajstić information content (AvgIpc) is 3.59. The Morgan fingerprint density at radius 3 is 2.42 bits per heavy atom. The topological polar surface area (TPSA) is 149 Å². The van der Waals surface area contributed by atoms with Crippen LogP contribution in [-0.2, 0) is 20.5 Å². The van der Waals surface area contributed by atoms with Gasteiger partial charge in [-0.25, -0.2) is 9.37 Å². The lowest BCUT2D eigenvalue weighted by atomic mass is 9.86. The molecule has 1 atom stereocenters. The normalized spacial score (nSPS) is 20.2. The predicted molar refractivity (Wildman–Crippen MR) is 181 cm³/mol. The molecular weight excluding hydrogens is 702 g/mol. The van der Waals surface area contributed by atoms with E-state index in [1.165, 1.54) is 36.4 Å². The zero-order valence-corrected chi connectivity index (χ0v) is 27.4. The lowest BCUT2D eigenvalue weighted by Crippen LogP contribution is -2.54. The van der Waals surface area contributed by atoms with Crippen LogP contribution in [-0.4, -0.2) is 63.4 Å². The third-order valence-corrected chi connectivity index (χ3v) is 9.58. The molecule has 1 aliphatic carbocycles. The fourth-order valence-electron chi connectivity index (χ4n) is 6.97. The summed E-state index contributed by atoms with van der Waals surface area (Å²) in [4.78, 5) is 68.2. The molecule has 53 heavy (non-hydrogen) atoms. The number of alkyl halides is 3. The molecule has 0 radical (unpaired) electrons. The Kier molecular flexibility index (Phi) is 10.3. The van der Waals surface area contributed by atoms with Gasteiger partial charge in [0, 0.05) is 24.1 Å². The number of nitrogens with zero attached hydrogens (tertiary/aromatic N) is 3. The summed E-state index contributed by atoms with van der Waals surface area (Å²) < 4.78 is 67.2. The van der Waals surface area contributed by atoms with Gasteiger partial charge in [-0.2, -0.15) is 13.2 Å². The maximum absolute atomic E-state index is 14.1. The number of carbonyl (C=O) groups excluding carboxylic acids is 5. The molecule has 1 saturated carbocycles. The SMILES string of the molecule is C.O=C1CCC(N2C(=O)c3ccc(OCOCC4CCC(n5c(NC(=O)c6cccc(C(F)(F)F)c6)nc6cc(F)ccc65)CC4)cc3C2=O)C(=O)N1. The molecule has 7 rings (SSSR count). The second-order valence-electron chi connectivity index (χ2n) is 12.9. The van der Waals surface area contributed by atoms with Crippen molar-refractivity contribution in [3.05, 3.63) is 88.7 Å². The summed E-state index contributed by atoms with van der Waals surface area (Å²) in [5.74, 6) is -3.18. The van der Waals surface area contributed by atoms with Crippen molar-refractivity contribution in [3.8, 4) is 5.75 Å². The summed E-state index contributed by atoms with van der Waals surface area (Å²) in [5.41, 5.74) is -0.0674. The van der Waals surface area contributed by atoms with E-state index < -0.39 is 53.1 Å². The fraction of sp³-hybridized carbons (Fsp3) is 0.351. The van der Waals surface area contributed by atoms with E-state index in [9.17, 15) is 41.5 Å². The molecule has 1 saturated heterocycles. The molecule has 278 valence electrons. The quantitative estimate of drug-likeness (QED) is 0.0885. The molecule has 3 heterocycles. The van der Waals surface area contributed by atoms with Gasteiger partial charge in [-0.15, -0.1) is 0 Å². The molecular formula is C37H35F4N5O7. The molecule has 4 aromatic rings. The molecule has 12 nitrogen and oxygen atoms in total. The molecule has 16 heteroatoms. The van der Waals surface area contributed by atoms with Crippen molar-refractivity contribution in [2.45, 2.75) is 64.2 Å². The molecule has 2 fully saturated rings. The number of nitrogens with one attached hydrogen (secondary N) is 2. The Balaban J connectivity index is 0.00000481. The number of anilines is 1. The summed E-state index contributed by atoms with van der Waals surface area (Å²) in [6, 6.07) is 11.3. The zero-order chi connectivity index (χ0) is 36.7. The molecule has 2 N–H and O–H groups in total. The van der Waals surface area contributed by atoms with Crippen LogP contribution in [0.3, 0.4) is 0 Å². The Morgan fingerprint density at radius 2 is 1.68 bits per heavy atom. The van der Waals surface area contributed by atoms with Gasteiger partial charge in [0.1, 0.15) is 17.6 Å². The first kappa shape index (κ1) is 37.1. The van der Waals surface area contributed by atoms with Crippen LogP contribution in [0.25, 0.3) is 11.0 Å². The van der Waals surface area contributed by atoms with Crippen molar-refractivity contribution in [1.29, 1.82) is 0 Å². The molecule has 3 aromatic carbocycles. The van der Waals surface area contributed by atoms with Gasteiger partial charge >= 0.3 is 6.18 Å². The number of fused-ring (bicyclic) bond motifs is 2. The van der Waals surface area contributed by atoms with E-state index in [0.717, 1.165) is 35.9 Å². The highest BCUT2D eigenvalue weighted by molar-refractivity contribution is 6.23. The van der Waals surface area contributed by atoms with E-state index >= 15 is 0 Å². The minimum atomic E-state index is -4.62. The van der Waals surface area contributed by atoms with E-state index in [1.807, 2.05) is 0 Å². The van der Waals surface area contributed by atoms with Gasteiger partial charge in [-0.3, -0.25) is 39.5 Å². The van der Waals surface area contributed by atoms with Crippen LogP contribution in [0.4, 0.5) is 23.5 Å². The van der Waals surface area contributed by atoms with Gasteiger partial charge in [-0.05, 0) is 86.6 Å². The molecule has 3 aliphatic rings. The van der Waals surface area contributed by atoms with Crippen LogP contribution in [0.2, 0.25) is 0 Å². The van der Waals surface area contributed by atoms with Crippen molar-refractivity contribution in [2.75, 3.05) is 18.7 Å². The van der Waals surface area contributed by atoms with Crippen LogP contribution in [0.1, 0.15) is 88.6 Å². The number of piperidine rings is 1. The predicted octanol–water partition coefficient (Wildman–Crippen LogP) is 6.27. The average molecular weight is 738 g/mol. The van der Waals surface area contributed by atoms with Crippen LogP contribution in [0.5, 0.6) is 5.75 Å². The van der Waals surface area contributed by atoms with Crippen LogP contribution in [0, 0.1) is 11.7 Å². The van der Waals surface area contributed by atoms with Gasteiger partial charge in [0.05, 0.1) is 34.3 Å². The van der Waals surface area contributed by atoms with Crippen molar-refractivity contribution >= 4 is 46.5 Å². The largest absolute Gasteiger partial charge is 0.468 e. The monoisotopic (exact) mass is 737 g/mol. The maximum Gasteiger partial charge on any atom is 0.416 e. The van der Waals surface area contributed by atoms with E-state index in [1.54, 1.807) is 10.6 Å². The molecule has 0 spiro atoms. The number of halogens is 4. The Labute approximate surface area is 300 Å². The summed E-state index contributed by atoms with van der Waals surface area (Å²) >= 11 is 0. The first-order valence-corrected chi connectivity index (χ1v) is 16.6. The first-order valence-electron chi connectivity index (χ1n) is 16.6. The second-order valence-corrected chi connectivity index (χ2v) is 12.9. The van der Waals surface area contributed by atoms with Crippen molar-refractivity contribution in [2.24, 2.45) is 5.92 Å². The van der Waals surface area contributed by atoms with Gasteiger partial charge in [0.2, 0.25) is 17.8 Å². The zero-order valence-electron chi connectivity index (χ0n) is 27.4. The highest BCUT2D eigenvalue weighted by Gasteiger charge is 2.44. The number of benzene rings is 3. The van der Waals surface area contributed by atoms with Gasteiger partial charge in [-0.1, -0.05) is 13.5 Å². The number of aromatic nitrogens is 2. The van der Waals surface area contributed by atoms with Gasteiger partial charge < -0.3 is 14.0 Å². The molecule has 5 amide bonds. The lowest BCUT2D eigenvalue weighted by Gasteiger charge is -2.30. The summed E-state index contributed by atoms with van der Waals surface area (Å²) in [6.45, 7) is 0.217. The number of imide groups is 2. The fourth-order valence-corrected chi connectivity index (χ4v) is 6.97. The smallest absolute Gasteiger partial charge is 0.416 e. The number of amides is 5. The maximum atomic E-state index is 14.1. The number of imidazole rings is 1. The standard InChI is InChI=1S/C36H31F4N5O7.CH4/c37-22-6-11-28-27(15-22)41-35(43-31(47)20-2-1-3-21(14-20)36(38,39)40)44(28)23-7-4-19(5-8-23)17-51-18-52-24-9-10-25-26(16-24)34(50)45(33(25)49)29-12-13-30(46)42-32(29)48;/h1-3,6,9-11,14-16,19,23,29H,4-5,7-8,12-13,17-18H2,(H,41,43,47)(H,42,46,48);1H4. The highest BCUT2D eigenvalue weighted by Crippen LogP contribution is 2.38.